The summed E-state index contributed by atoms with van der Waals surface area (Å²) in [5.41, 5.74) is 0. The summed E-state index contributed by atoms with van der Waals surface area (Å²) >= 11 is 2.03. The van der Waals surface area contributed by atoms with Gasteiger partial charge in [0, 0.05) is 31.6 Å². The molecule has 2 rings (SSSR count). The summed E-state index contributed by atoms with van der Waals surface area (Å²) in [5.74, 6) is 3.56. The van der Waals surface area contributed by atoms with Gasteiger partial charge in [0.15, 0.2) is 0 Å². The monoisotopic (exact) mass is 198 g/mol. The van der Waals surface area contributed by atoms with E-state index in [1.54, 1.807) is 6.33 Å². The van der Waals surface area contributed by atoms with Gasteiger partial charge >= 0.3 is 0 Å². The van der Waals surface area contributed by atoms with E-state index >= 15 is 0 Å². The van der Waals surface area contributed by atoms with Crippen LogP contribution in [-0.4, -0.2) is 44.3 Å². The molecule has 0 aliphatic carbocycles. The second-order valence-electron chi connectivity index (χ2n) is 3.19. The number of aryl methyl sites for hydroxylation is 1. The zero-order valence-corrected chi connectivity index (χ0v) is 8.63. The molecule has 1 aliphatic rings. The smallest absolute Gasteiger partial charge is 0.140 e. The Hall–Kier alpha value is -0.550. The van der Waals surface area contributed by atoms with Crippen molar-refractivity contribution in [3.05, 3.63) is 12.2 Å². The predicted octanol–water partition coefficient (Wildman–Crippen LogP) is 0.364. The molecule has 0 radical (unpaired) electrons. The summed E-state index contributed by atoms with van der Waals surface area (Å²) in [6.45, 7) is 3.30. The molecular formula is C8H14N4S. The minimum absolute atomic E-state index is 0.942. The highest BCUT2D eigenvalue weighted by atomic mass is 32.2. The maximum absolute atomic E-state index is 4.21. The average molecular weight is 198 g/mol. The molecule has 0 unspecified atom stereocenters. The first kappa shape index (κ1) is 9.02. The van der Waals surface area contributed by atoms with Crippen LogP contribution in [0.25, 0.3) is 0 Å². The van der Waals surface area contributed by atoms with Crippen molar-refractivity contribution in [2.75, 3.05) is 24.6 Å². The van der Waals surface area contributed by atoms with E-state index in [1.165, 1.54) is 24.6 Å². The fraction of sp³-hybridized carbons (Fsp3) is 0.750. The first-order chi connectivity index (χ1) is 6.36. The summed E-state index contributed by atoms with van der Waals surface area (Å²) in [7, 11) is 1.95. The normalized spacial score (nSPS) is 19.2. The molecule has 4 nitrogen and oxygen atoms in total. The largest absolute Gasteiger partial charge is 0.294 e. The van der Waals surface area contributed by atoms with Gasteiger partial charge in [-0.3, -0.25) is 9.58 Å². The second kappa shape index (κ2) is 4.11. The lowest BCUT2D eigenvalue weighted by Gasteiger charge is -2.25. The molecule has 0 saturated carbocycles. The summed E-state index contributed by atoms with van der Waals surface area (Å²) in [5, 5.41) is 4.06. The number of thioether (sulfide) groups is 1. The Morgan fingerprint density at radius 1 is 1.46 bits per heavy atom. The Bertz CT molecular complexity index is 267. The fourth-order valence-electron chi connectivity index (χ4n) is 1.42. The van der Waals surface area contributed by atoms with Crippen LogP contribution in [0, 0.1) is 0 Å². The highest BCUT2D eigenvalue weighted by Crippen LogP contribution is 2.10. The topological polar surface area (TPSA) is 34.0 Å². The van der Waals surface area contributed by atoms with Crippen molar-refractivity contribution in [1.29, 1.82) is 0 Å². The molecule has 0 atom stereocenters. The first-order valence-electron chi connectivity index (χ1n) is 4.49. The maximum atomic E-state index is 4.21. The van der Waals surface area contributed by atoms with Crippen molar-refractivity contribution in [3.8, 4) is 0 Å². The van der Waals surface area contributed by atoms with E-state index in [4.69, 9.17) is 0 Å². The zero-order valence-electron chi connectivity index (χ0n) is 7.81. The summed E-state index contributed by atoms with van der Waals surface area (Å²) in [4.78, 5) is 6.64. The molecule has 0 N–H and O–H groups in total. The Morgan fingerprint density at radius 2 is 2.23 bits per heavy atom. The molecule has 1 fully saturated rings. The molecule has 1 aliphatic heterocycles. The summed E-state index contributed by atoms with van der Waals surface area (Å²) in [6, 6.07) is 0. The van der Waals surface area contributed by atoms with Crippen LogP contribution in [-0.2, 0) is 13.6 Å². The van der Waals surface area contributed by atoms with E-state index in [2.05, 4.69) is 15.0 Å². The molecule has 0 spiro atoms. The lowest BCUT2D eigenvalue weighted by molar-refractivity contribution is 0.282. The van der Waals surface area contributed by atoms with Gasteiger partial charge < -0.3 is 0 Å². The van der Waals surface area contributed by atoms with Crippen molar-refractivity contribution in [2.24, 2.45) is 7.05 Å². The molecule has 0 aromatic carbocycles. The third kappa shape index (κ3) is 2.22. The van der Waals surface area contributed by atoms with Gasteiger partial charge in [0.25, 0.3) is 0 Å². The molecular weight excluding hydrogens is 184 g/mol. The van der Waals surface area contributed by atoms with Crippen LogP contribution >= 0.6 is 11.8 Å². The third-order valence-corrected chi connectivity index (χ3v) is 3.22. The third-order valence-electron chi connectivity index (χ3n) is 2.27. The number of rotatable bonds is 2. The van der Waals surface area contributed by atoms with Crippen molar-refractivity contribution >= 4 is 11.8 Å². The van der Waals surface area contributed by atoms with Gasteiger partial charge in [-0.2, -0.15) is 16.9 Å². The van der Waals surface area contributed by atoms with Crippen molar-refractivity contribution < 1.29 is 0 Å². The highest BCUT2D eigenvalue weighted by Gasteiger charge is 2.12. The molecule has 0 amide bonds. The molecule has 5 heteroatoms. The number of aromatic nitrogens is 3. The second-order valence-corrected chi connectivity index (χ2v) is 4.41. The van der Waals surface area contributed by atoms with Crippen LogP contribution in [0.15, 0.2) is 6.33 Å². The van der Waals surface area contributed by atoms with E-state index < -0.39 is 0 Å². The van der Waals surface area contributed by atoms with Gasteiger partial charge in [-0.15, -0.1) is 0 Å². The van der Waals surface area contributed by atoms with Crippen molar-refractivity contribution in [3.63, 3.8) is 0 Å². The van der Waals surface area contributed by atoms with Crippen LogP contribution in [0.1, 0.15) is 5.82 Å². The molecule has 1 saturated heterocycles. The Labute approximate surface area is 82.3 Å². The van der Waals surface area contributed by atoms with Gasteiger partial charge in [0.2, 0.25) is 0 Å². The van der Waals surface area contributed by atoms with Gasteiger partial charge in [0.05, 0.1) is 6.54 Å². The summed E-state index contributed by atoms with van der Waals surface area (Å²) < 4.78 is 1.85. The lowest BCUT2D eigenvalue weighted by Crippen LogP contribution is -2.32. The van der Waals surface area contributed by atoms with E-state index in [1.807, 2.05) is 23.5 Å². The van der Waals surface area contributed by atoms with Crippen LogP contribution in [0.3, 0.4) is 0 Å². The van der Waals surface area contributed by atoms with E-state index in [0.29, 0.717) is 0 Å². The van der Waals surface area contributed by atoms with Crippen LogP contribution in [0.5, 0.6) is 0 Å². The minimum atomic E-state index is 0.942. The predicted molar refractivity (Wildman–Crippen MR) is 53.6 cm³/mol. The number of hydrogen-bond donors (Lipinski definition) is 0. The Balaban J connectivity index is 1.93. The van der Waals surface area contributed by atoms with Gasteiger partial charge in [0.1, 0.15) is 12.2 Å². The molecule has 72 valence electrons. The van der Waals surface area contributed by atoms with E-state index in [-0.39, 0.29) is 0 Å². The molecule has 13 heavy (non-hydrogen) atoms. The van der Waals surface area contributed by atoms with Gasteiger partial charge in [-0.25, -0.2) is 4.98 Å². The van der Waals surface area contributed by atoms with Crippen molar-refractivity contribution in [2.45, 2.75) is 6.54 Å². The average Bonchev–Trinajstić information content (AvgIpc) is 2.54. The van der Waals surface area contributed by atoms with Crippen LogP contribution in [0.2, 0.25) is 0 Å². The Morgan fingerprint density at radius 3 is 2.85 bits per heavy atom. The SMILES string of the molecule is Cn1ncnc1CN1CCSCC1. The standard InChI is InChI=1S/C8H14N4S/c1-11-8(9-7-10-11)6-12-2-4-13-5-3-12/h7H,2-6H2,1H3. The summed E-state index contributed by atoms with van der Waals surface area (Å²) in [6.07, 6.45) is 1.62. The minimum Gasteiger partial charge on any atom is -0.294 e. The molecule has 0 bridgehead atoms. The lowest BCUT2D eigenvalue weighted by atomic mass is 10.4. The van der Waals surface area contributed by atoms with Crippen LogP contribution in [0.4, 0.5) is 0 Å². The van der Waals surface area contributed by atoms with Gasteiger partial charge in [-0.1, -0.05) is 0 Å². The molecule has 1 aromatic heterocycles. The van der Waals surface area contributed by atoms with E-state index in [9.17, 15) is 0 Å². The van der Waals surface area contributed by atoms with Crippen LogP contribution < -0.4 is 0 Å². The molecule has 1 aromatic rings. The van der Waals surface area contributed by atoms with E-state index in [0.717, 1.165) is 12.4 Å². The fourth-order valence-corrected chi connectivity index (χ4v) is 2.40. The van der Waals surface area contributed by atoms with Crippen molar-refractivity contribution in [1.82, 2.24) is 19.7 Å². The number of nitrogens with zero attached hydrogens (tertiary/aromatic N) is 4. The quantitative estimate of drug-likeness (QED) is 0.687. The molecule has 2 heterocycles. The van der Waals surface area contributed by atoms with Gasteiger partial charge in [-0.05, 0) is 0 Å². The number of hydrogen-bond acceptors (Lipinski definition) is 4. The Kier molecular flexibility index (Phi) is 2.85. The maximum Gasteiger partial charge on any atom is 0.140 e. The zero-order chi connectivity index (χ0) is 9.10. The first-order valence-corrected chi connectivity index (χ1v) is 5.65. The highest BCUT2D eigenvalue weighted by molar-refractivity contribution is 7.99.